The summed E-state index contributed by atoms with van der Waals surface area (Å²) in [4.78, 5) is 11.4. The van der Waals surface area contributed by atoms with Gasteiger partial charge in [0.1, 0.15) is 5.82 Å². The van der Waals surface area contributed by atoms with Gasteiger partial charge in [0.25, 0.3) is 0 Å². The van der Waals surface area contributed by atoms with Gasteiger partial charge in [0.05, 0.1) is 12.4 Å². The highest BCUT2D eigenvalue weighted by molar-refractivity contribution is 7.99. The molecule has 0 bridgehead atoms. The van der Waals surface area contributed by atoms with Gasteiger partial charge in [-0.15, -0.1) is 11.8 Å². The molecule has 0 aliphatic carbocycles. The molecule has 0 unspecified atom stereocenters. The summed E-state index contributed by atoms with van der Waals surface area (Å²) in [6.07, 6.45) is 0. The van der Waals surface area contributed by atoms with Crippen molar-refractivity contribution >= 4 is 23.4 Å². The van der Waals surface area contributed by atoms with E-state index in [1.807, 2.05) is 0 Å². The monoisotopic (exact) mass is 243 g/mol. The molecule has 1 aromatic rings. The maximum absolute atomic E-state index is 12.8. The van der Waals surface area contributed by atoms with E-state index in [1.54, 1.807) is 19.2 Å². The molecule has 0 aliphatic rings. The number of carbonyl (C=O) groups is 1. The summed E-state index contributed by atoms with van der Waals surface area (Å²) in [6, 6.07) is 5.84. The summed E-state index contributed by atoms with van der Waals surface area (Å²) in [5.74, 6) is 0.629. The Morgan fingerprint density at radius 2 is 2.38 bits per heavy atom. The largest absolute Gasteiger partial charge is 0.384 e. The maximum atomic E-state index is 12.8. The number of anilines is 1. The lowest BCUT2D eigenvalue weighted by molar-refractivity contribution is -0.113. The van der Waals surface area contributed by atoms with Gasteiger partial charge in [-0.1, -0.05) is 6.07 Å². The van der Waals surface area contributed by atoms with E-state index in [2.05, 4.69) is 5.32 Å². The fraction of sp³-hybridized carbons (Fsp3) is 0.364. The van der Waals surface area contributed by atoms with Crippen LogP contribution >= 0.6 is 11.8 Å². The standard InChI is InChI=1S/C11H14FNO2S/c1-15-5-6-16-8-11(14)13-10-4-2-3-9(12)7-10/h2-4,7H,5-6,8H2,1H3,(H,13,14). The van der Waals surface area contributed by atoms with Crippen LogP contribution in [0.4, 0.5) is 10.1 Å². The van der Waals surface area contributed by atoms with Crippen molar-refractivity contribution in [3.05, 3.63) is 30.1 Å². The molecule has 88 valence electrons. The van der Waals surface area contributed by atoms with Gasteiger partial charge < -0.3 is 10.1 Å². The first-order valence-corrected chi connectivity index (χ1v) is 6.00. The second-order valence-electron chi connectivity index (χ2n) is 3.10. The molecule has 0 saturated heterocycles. The first-order valence-electron chi connectivity index (χ1n) is 4.84. The van der Waals surface area contributed by atoms with Gasteiger partial charge in [-0.3, -0.25) is 4.79 Å². The Morgan fingerprint density at radius 1 is 1.56 bits per heavy atom. The molecule has 5 heteroatoms. The number of thioether (sulfide) groups is 1. The first-order chi connectivity index (χ1) is 7.72. The van der Waals surface area contributed by atoms with E-state index in [4.69, 9.17) is 4.74 Å². The lowest BCUT2D eigenvalue weighted by Gasteiger charge is -2.04. The van der Waals surface area contributed by atoms with Crippen molar-refractivity contribution in [3.8, 4) is 0 Å². The molecule has 16 heavy (non-hydrogen) atoms. The van der Waals surface area contributed by atoms with E-state index in [-0.39, 0.29) is 11.7 Å². The normalized spacial score (nSPS) is 10.1. The molecular formula is C11H14FNO2S. The van der Waals surface area contributed by atoms with E-state index in [0.717, 1.165) is 5.75 Å². The van der Waals surface area contributed by atoms with Crippen LogP contribution in [0.5, 0.6) is 0 Å². The Hall–Kier alpha value is -1.07. The van der Waals surface area contributed by atoms with Crippen LogP contribution in [0.15, 0.2) is 24.3 Å². The molecule has 3 nitrogen and oxygen atoms in total. The second-order valence-corrected chi connectivity index (χ2v) is 4.21. The Kier molecular flexibility index (Phi) is 5.88. The second kappa shape index (κ2) is 7.24. The number of methoxy groups -OCH3 is 1. The molecule has 0 aromatic heterocycles. The van der Waals surface area contributed by atoms with Crippen LogP contribution in [-0.2, 0) is 9.53 Å². The predicted octanol–water partition coefficient (Wildman–Crippen LogP) is 2.14. The zero-order valence-electron chi connectivity index (χ0n) is 9.03. The van der Waals surface area contributed by atoms with E-state index in [9.17, 15) is 9.18 Å². The number of hydrogen-bond acceptors (Lipinski definition) is 3. The lowest BCUT2D eigenvalue weighted by atomic mass is 10.3. The number of rotatable bonds is 6. The fourth-order valence-corrected chi connectivity index (χ4v) is 1.76. The van der Waals surface area contributed by atoms with Crippen molar-refractivity contribution in [1.29, 1.82) is 0 Å². The molecule has 1 amide bonds. The summed E-state index contributed by atoms with van der Waals surface area (Å²) in [5.41, 5.74) is 0.484. The van der Waals surface area contributed by atoms with Gasteiger partial charge in [0.15, 0.2) is 0 Å². The summed E-state index contributed by atoms with van der Waals surface area (Å²) < 4.78 is 17.7. The van der Waals surface area contributed by atoms with Gasteiger partial charge in [-0.25, -0.2) is 4.39 Å². The van der Waals surface area contributed by atoms with Gasteiger partial charge in [-0.2, -0.15) is 0 Å². The Labute approximate surface area is 98.4 Å². The third-order valence-electron chi connectivity index (χ3n) is 1.77. The number of hydrogen-bond donors (Lipinski definition) is 1. The van der Waals surface area contributed by atoms with E-state index in [1.165, 1.54) is 23.9 Å². The predicted molar refractivity (Wildman–Crippen MR) is 64.2 cm³/mol. The van der Waals surface area contributed by atoms with Crippen molar-refractivity contribution in [3.63, 3.8) is 0 Å². The molecule has 0 radical (unpaired) electrons. The highest BCUT2D eigenvalue weighted by Crippen LogP contribution is 2.10. The third-order valence-corrected chi connectivity index (χ3v) is 2.69. The van der Waals surface area contributed by atoms with Crippen molar-refractivity contribution in [1.82, 2.24) is 0 Å². The molecule has 1 N–H and O–H groups in total. The van der Waals surface area contributed by atoms with Crippen molar-refractivity contribution < 1.29 is 13.9 Å². The van der Waals surface area contributed by atoms with Crippen molar-refractivity contribution in [2.24, 2.45) is 0 Å². The Bertz CT molecular complexity index is 347. The molecule has 0 heterocycles. The number of amides is 1. The molecule has 0 spiro atoms. The fourth-order valence-electron chi connectivity index (χ4n) is 1.07. The highest BCUT2D eigenvalue weighted by atomic mass is 32.2. The highest BCUT2D eigenvalue weighted by Gasteiger charge is 2.02. The van der Waals surface area contributed by atoms with Crippen LogP contribution in [0.3, 0.4) is 0 Å². The summed E-state index contributed by atoms with van der Waals surface area (Å²) in [7, 11) is 1.62. The van der Waals surface area contributed by atoms with E-state index >= 15 is 0 Å². The van der Waals surface area contributed by atoms with E-state index < -0.39 is 0 Å². The number of carbonyl (C=O) groups excluding carboxylic acids is 1. The quantitative estimate of drug-likeness (QED) is 0.778. The Balaban J connectivity index is 2.29. The number of benzene rings is 1. The number of nitrogens with one attached hydrogen (secondary N) is 1. The lowest BCUT2D eigenvalue weighted by Crippen LogP contribution is -2.14. The molecule has 0 aliphatic heterocycles. The minimum Gasteiger partial charge on any atom is -0.384 e. The molecule has 0 fully saturated rings. The minimum absolute atomic E-state index is 0.133. The zero-order chi connectivity index (χ0) is 11.8. The molecular weight excluding hydrogens is 229 g/mol. The van der Waals surface area contributed by atoms with Gasteiger partial charge in [0.2, 0.25) is 5.91 Å². The smallest absolute Gasteiger partial charge is 0.234 e. The van der Waals surface area contributed by atoms with Crippen LogP contribution in [0.1, 0.15) is 0 Å². The van der Waals surface area contributed by atoms with Crippen LogP contribution in [-0.4, -0.2) is 31.1 Å². The molecule has 1 aromatic carbocycles. The molecule has 0 atom stereocenters. The minimum atomic E-state index is -0.357. The number of halogens is 1. The summed E-state index contributed by atoms with van der Waals surface area (Å²) in [5, 5.41) is 2.62. The Morgan fingerprint density at radius 3 is 3.06 bits per heavy atom. The average molecular weight is 243 g/mol. The van der Waals surface area contributed by atoms with Crippen LogP contribution in [0.2, 0.25) is 0 Å². The molecule has 1 rings (SSSR count). The van der Waals surface area contributed by atoms with Gasteiger partial charge in [0, 0.05) is 18.6 Å². The van der Waals surface area contributed by atoms with Gasteiger partial charge in [-0.05, 0) is 18.2 Å². The van der Waals surface area contributed by atoms with Crippen LogP contribution in [0.25, 0.3) is 0 Å². The van der Waals surface area contributed by atoms with Crippen molar-refractivity contribution in [2.75, 3.05) is 30.5 Å². The average Bonchev–Trinajstić information content (AvgIpc) is 2.24. The zero-order valence-corrected chi connectivity index (χ0v) is 9.85. The van der Waals surface area contributed by atoms with Crippen LogP contribution in [0, 0.1) is 5.82 Å². The van der Waals surface area contributed by atoms with Gasteiger partial charge >= 0.3 is 0 Å². The van der Waals surface area contributed by atoms with Crippen molar-refractivity contribution in [2.45, 2.75) is 0 Å². The van der Waals surface area contributed by atoms with E-state index in [0.29, 0.717) is 18.0 Å². The SMILES string of the molecule is COCCSCC(=O)Nc1cccc(F)c1. The molecule has 0 saturated carbocycles. The summed E-state index contributed by atoms with van der Waals surface area (Å²) in [6.45, 7) is 0.623. The third kappa shape index (κ3) is 5.14. The topological polar surface area (TPSA) is 38.3 Å². The van der Waals surface area contributed by atoms with Crippen LogP contribution < -0.4 is 5.32 Å². The summed E-state index contributed by atoms with van der Waals surface area (Å²) >= 11 is 1.48. The maximum Gasteiger partial charge on any atom is 0.234 e. The number of ether oxygens (including phenoxy) is 1. The first kappa shape index (κ1) is 13.0.